The molecule has 0 radical (unpaired) electrons. The molecule has 2 heterocycles. The smallest absolute Gasteiger partial charge is 0.136 e. The molecule has 0 aliphatic carbocycles. The Kier molecular flexibility index (Phi) is 3.89. The van der Waals surface area contributed by atoms with Crippen LogP contribution in [0.25, 0.3) is 10.8 Å². The molecular weight excluding hydrogens is 264 g/mol. The zero-order valence-corrected chi connectivity index (χ0v) is 12.1. The largest absolute Gasteiger partial charge is 0.496 e. The molecule has 1 aliphatic heterocycles. The van der Waals surface area contributed by atoms with E-state index in [-0.39, 0.29) is 0 Å². The molecule has 1 aliphatic rings. The molecular formula is C16H18N4O. The molecule has 108 valence electrons. The minimum Gasteiger partial charge on any atom is -0.496 e. The average Bonchev–Trinajstić information content (AvgIpc) is 2.55. The van der Waals surface area contributed by atoms with Crippen molar-refractivity contribution in [1.29, 1.82) is 5.26 Å². The molecule has 0 N–H and O–H groups in total. The van der Waals surface area contributed by atoms with E-state index in [2.05, 4.69) is 26.9 Å². The molecule has 3 rings (SSSR count). The molecule has 1 aromatic carbocycles. The van der Waals surface area contributed by atoms with Gasteiger partial charge in [0.05, 0.1) is 19.7 Å². The predicted octanol–water partition coefficient (Wildman–Crippen LogP) is 1.89. The average molecular weight is 282 g/mol. The van der Waals surface area contributed by atoms with Gasteiger partial charge in [0, 0.05) is 43.1 Å². The van der Waals surface area contributed by atoms with Crippen LogP contribution in [0.5, 0.6) is 5.75 Å². The van der Waals surface area contributed by atoms with Gasteiger partial charge in [0.1, 0.15) is 11.6 Å². The normalized spacial score (nSPS) is 15.9. The van der Waals surface area contributed by atoms with Crippen LogP contribution in [0.1, 0.15) is 0 Å². The van der Waals surface area contributed by atoms with Crippen LogP contribution in [0.2, 0.25) is 0 Å². The van der Waals surface area contributed by atoms with Crippen LogP contribution in [-0.4, -0.2) is 49.7 Å². The topological polar surface area (TPSA) is 52.4 Å². The van der Waals surface area contributed by atoms with Crippen LogP contribution in [0.4, 0.5) is 5.82 Å². The summed E-state index contributed by atoms with van der Waals surface area (Å²) in [6.07, 6.45) is 1.84. The molecule has 5 heteroatoms. The highest BCUT2D eigenvalue weighted by Gasteiger charge is 2.19. The zero-order chi connectivity index (χ0) is 14.7. The lowest BCUT2D eigenvalue weighted by Gasteiger charge is -2.34. The molecule has 1 saturated heterocycles. The highest BCUT2D eigenvalue weighted by molar-refractivity contribution is 5.96. The summed E-state index contributed by atoms with van der Waals surface area (Å²) in [5.74, 6) is 1.88. The Morgan fingerprint density at radius 1 is 1.19 bits per heavy atom. The summed E-state index contributed by atoms with van der Waals surface area (Å²) in [4.78, 5) is 9.02. The Labute approximate surface area is 124 Å². The van der Waals surface area contributed by atoms with Gasteiger partial charge in [-0.3, -0.25) is 4.90 Å². The summed E-state index contributed by atoms with van der Waals surface area (Å²) < 4.78 is 5.43. The van der Waals surface area contributed by atoms with E-state index < -0.39 is 0 Å². The first-order valence-corrected chi connectivity index (χ1v) is 7.09. The van der Waals surface area contributed by atoms with Crippen molar-refractivity contribution in [2.75, 3.05) is 44.7 Å². The molecule has 0 bridgehead atoms. The first-order chi connectivity index (χ1) is 10.3. The number of methoxy groups -OCH3 is 1. The van der Waals surface area contributed by atoms with Gasteiger partial charge in [0.25, 0.3) is 0 Å². The second-order valence-electron chi connectivity index (χ2n) is 5.11. The number of ether oxygens (including phenoxy) is 1. The van der Waals surface area contributed by atoms with Crippen molar-refractivity contribution in [3.8, 4) is 11.8 Å². The molecule has 0 saturated carbocycles. The van der Waals surface area contributed by atoms with E-state index in [9.17, 15) is 0 Å². The number of fused-ring (bicyclic) bond motifs is 1. The van der Waals surface area contributed by atoms with Gasteiger partial charge in [0.2, 0.25) is 0 Å². The number of piperazine rings is 1. The van der Waals surface area contributed by atoms with Crippen molar-refractivity contribution in [2.45, 2.75) is 0 Å². The number of hydrogen-bond acceptors (Lipinski definition) is 5. The maximum Gasteiger partial charge on any atom is 0.136 e. The Balaban J connectivity index is 1.90. The standard InChI is InChI=1S/C16H18N4O/c1-21-15-4-2-3-14-13(15)5-7-18-16(14)20-11-9-19(8-6-17)10-12-20/h2-5,7H,8-12H2,1H3. The first kappa shape index (κ1) is 13.7. The Bertz CT molecular complexity index is 672. The fraction of sp³-hybridized carbons (Fsp3) is 0.375. The summed E-state index contributed by atoms with van der Waals surface area (Å²) in [7, 11) is 1.69. The zero-order valence-electron chi connectivity index (χ0n) is 12.1. The van der Waals surface area contributed by atoms with Gasteiger partial charge in [-0.2, -0.15) is 5.26 Å². The molecule has 0 amide bonds. The summed E-state index contributed by atoms with van der Waals surface area (Å²) in [6.45, 7) is 4.09. The van der Waals surface area contributed by atoms with Crippen LogP contribution >= 0.6 is 0 Å². The maximum absolute atomic E-state index is 8.77. The predicted molar refractivity (Wildman–Crippen MR) is 82.6 cm³/mol. The number of nitrogens with zero attached hydrogens (tertiary/aromatic N) is 4. The van der Waals surface area contributed by atoms with Crippen molar-refractivity contribution in [3.63, 3.8) is 0 Å². The van der Waals surface area contributed by atoms with Gasteiger partial charge in [-0.05, 0) is 12.1 Å². The minimum absolute atomic E-state index is 0.505. The molecule has 0 atom stereocenters. The Morgan fingerprint density at radius 2 is 2.00 bits per heavy atom. The molecule has 0 unspecified atom stereocenters. The fourth-order valence-corrected chi connectivity index (χ4v) is 2.81. The molecule has 1 fully saturated rings. The number of hydrogen-bond donors (Lipinski definition) is 0. The molecule has 1 aromatic heterocycles. The van der Waals surface area contributed by atoms with Gasteiger partial charge < -0.3 is 9.64 Å². The van der Waals surface area contributed by atoms with Gasteiger partial charge in [0.15, 0.2) is 0 Å². The van der Waals surface area contributed by atoms with Gasteiger partial charge in [-0.15, -0.1) is 0 Å². The van der Waals surface area contributed by atoms with E-state index in [0.29, 0.717) is 6.54 Å². The van der Waals surface area contributed by atoms with Crippen LogP contribution in [0.3, 0.4) is 0 Å². The van der Waals surface area contributed by atoms with Crippen molar-refractivity contribution >= 4 is 16.6 Å². The lowest BCUT2D eigenvalue weighted by molar-refractivity contribution is 0.286. The summed E-state index contributed by atoms with van der Waals surface area (Å²) in [5.41, 5.74) is 0. The number of pyridine rings is 1. The molecule has 5 nitrogen and oxygen atoms in total. The lowest BCUT2D eigenvalue weighted by Crippen LogP contribution is -2.46. The quantitative estimate of drug-likeness (QED) is 0.805. The third-order valence-electron chi connectivity index (χ3n) is 3.93. The van der Waals surface area contributed by atoms with Crippen molar-refractivity contribution in [1.82, 2.24) is 9.88 Å². The van der Waals surface area contributed by atoms with Gasteiger partial charge in [-0.25, -0.2) is 4.98 Å². The summed E-state index contributed by atoms with van der Waals surface area (Å²) in [5, 5.41) is 11.0. The van der Waals surface area contributed by atoms with E-state index in [1.165, 1.54) is 0 Å². The van der Waals surface area contributed by atoms with E-state index in [1.54, 1.807) is 7.11 Å². The van der Waals surface area contributed by atoms with E-state index in [4.69, 9.17) is 10.00 Å². The maximum atomic E-state index is 8.77. The van der Waals surface area contributed by atoms with Crippen LogP contribution < -0.4 is 9.64 Å². The Hall–Kier alpha value is -2.32. The SMILES string of the molecule is COc1cccc2c(N3CCN(CC#N)CC3)nccc12. The van der Waals surface area contributed by atoms with Crippen LogP contribution in [0.15, 0.2) is 30.5 Å². The highest BCUT2D eigenvalue weighted by Crippen LogP contribution is 2.31. The second-order valence-corrected chi connectivity index (χ2v) is 5.11. The third-order valence-corrected chi connectivity index (χ3v) is 3.93. The lowest BCUT2D eigenvalue weighted by atomic mass is 10.1. The molecule has 0 spiro atoms. The first-order valence-electron chi connectivity index (χ1n) is 7.09. The van der Waals surface area contributed by atoms with Crippen molar-refractivity contribution < 1.29 is 4.74 Å². The second kappa shape index (κ2) is 5.98. The molecule has 21 heavy (non-hydrogen) atoms. The number of aromatic nitrogens is 1. The van der Waals surface area contributed by atoms with E-state index in [0.717, 1.165) is 48.5 Å². The van der Waals surface area contributed by atoms with Gasteiger partial charge >= 0.3 is 0 Å². The Morgan fingerprint density at radius 3 is 2.71 bits per heavy atom. The molecule has 2 aromatic rings. The minimum atomic E-state index is 0.505. The van der Waals surface area contributed by atoms with Gasteiger partial charge in [-0.1, -0.05) is 12.1 Å². The van der Waals surface area contributed by atoms with E-state index >= 15 is 0 Å². The van der Waals surface area contributed by atoms with Crippen molar-refractivity contribution in [3.05, 3.63) is 30.5 Å². The van der Waals surface area contributed by atoms with Crippen LogP contribution in [0, 0.1) is 11.3 Å². The summed E-state index contributed by atoms with van der Waals surface area (Å²) in [6, 6.07) is 10.3. The fourth-order valence-electron chi connectivity index (χ4n) is 2.81. The number of nitriles is 1. The highest BCUT2D eigenvalue weighted by atomic mass is 16.5. The monoisotopic (exact) mass is 282 g/mol. The number of benzene rings is 1. The van der Waals surface area contributed by atoms with E-state index in [1.807, 2.05) is 24.4 Å². The van der Waals surface area contributed by atoms with Crippen LogP contribution in [-0.2, 0) is 0 Å². The number of anilines is 1. The third kappa shape index (κ3) is 2.63. The van der Waals surface area contributed by atoms with Crippen molar-refractivity contribution in [2.24, 2.45) is 0 Å². The number of rotatable bonds is 3. The summed E-state index contributed by atoms with van der Waals surface area (Å²) >= 11 is 0.